The number of furan rings is 1. The van der Waals surface area contributed by atoms with E-state index < -0.39 is 11.4 Å². The van der Waals surface area contributed by atoms with Gasteiger partial charge in [-0.1, -0.05) is 24.3 Å². The molecule has 0 aliphatic rings. The van der Waals surface area contributed by atoms with E-state index in [0.717, 1.165) is 4.70 Å². The van der Waals surface area contributed by atoms with E-state index in [1.165, 1.54) is 28.2 Å². The average molecular weight is 404 g/mol. The van der Waals surface area contributed by atoms with Crippen LogP contribution in [-0.4, -0.2) is 9.55 Å². The molecule has 0 fully saturated rings. The van der Waals surface area contributed by atoms with Crippen molar-refractivity contribution in [3.05, 3.63) is 99.1 Å². The summed E-state index contributed by atoms with van der Waals surface area (Å²) >= 11 is 1.24. The Morgan fingerprint density at radius 2 is 1.79 bits per heavy atom. The van der Waals surface area contributed by atoms with Crippen LogP contribution in [0.15, 0.2) is 80.9 Å². The van der Waals surface area contributed by atoms with Crippen molar-refractivity contribution in [3.63, 3.8) is 0 Å². The number of halogens is 1. The molecule has 0 aliphatic heterocycles. The largest absolute Gasteiger partial charge is 0.467 e. The van der Waals surface area contributed by atoms with Crippen molar-refractivity contribution < 1.29 is 8.81 Å². The summed E-state index contributed by atoms with van der Waals surface area (Å²) in [5.41, 5.74) is -0.706. The summed E-state index contributed by atoms with van der Waals surface area (Å²) in [4.78, 5) is 31.3. The summed E-state index contributed by atoms with van der Waals surface area (Å²) in [6, 6.07) is 16.6. The molecule has 0 atom stereocenters. The maximum Gasteiger partial charge on any atom is 0.266 e. The first-order valence-electron chi connectivity index (χ1n) is 8.87. The fourth-order valence-corrected chi connectivity index (χ4v) is 4.38. The molecule has 0 saturated heterocycles. The lowest BCUT2D eigenvalue weighted by Crippen LogP contribution is -2.27. The van der Waals surface area contributed by atoms with Crippen molar-refractivity contribution >= 4 is 31.6 Å². The maximum atomic E-state index is 14.6. The average Bonchev–Trinajstić information content (AvgIpc) is 3.24. The monoisotopic (exact) mass is 404 g/mol. The summed E-state index contributed by atoms with van der Waals surface area (Å²) in [5.74, 6) is 0.158. The number of rotatable bonds is 3. The summed E-state index contributed by atoms with van der Waals surface area (Å²) in [6.45, 7) is 0.0371. The summed E-state index contributed by atoms with van der Waals surface area (Å²) < 4.78 is 21.9. The van der Waals surface area contributed by atoms with Gasteiger partial charge in [0.1, 0.15) is 27.6 Å². The molecule has 0 amide bonds. The molecular formula is C22H13FN2O3S. The zero-order valence-electron chi connectivity index (χ0n) is 15.0. The SMILES string of the molecule is O=c1c2ccccc2sc2nc(-c3ccccc3F)n(Cc3ccco3)c(=O)c12. The first-order chi connectivity index (χ1) is 14.1. The van der Waals surface area contributed by atoms with E-state index in [9.17, 15) is 14.0 Å². The third kappa shape index (κ3) is 2.87. The van der Waals surface area contributed by atoms with Crippen LogP contribution in [0.25, 0.3) is 31.7 Å². The van der Waals surface area contributed by atoms with Gasteiger partial charge < -0.3 is 4.42 Å². The molecule has 3 heterocycles. The molecule has 5 rings (SSSR count). The Morgan fingerprint density at radius 1 is 1.00 bits per heavy atom. The zero-order chi connectivity index (χ0) is 20.0. The van der Waals surface area contributed by atoms with Gasteiger partial charge in [0.25, 0.3) is 5.56 Å². The van der Waals surface area contributed by atoms with Crippen molar-refractivity contribution in [2.45, 2.75) is 6.54 Å². The Morgan fingerprint density at radius 3 is 2.59 bits per heavy atom. The molecule has 29 heavy (non-hydrogen) atoms. The quantitative estimate of drug-likeness (QED) is 0.418. The highest BCUT2D eigenvalue weighted by Gasteiger charge is 2.20. The number of aromatic nitrogens is 2. The zero-order valence-corrected chi connectivity index (χ0v) is 15.8. The van der Waals surface area contributed by atoms with Crippen molar-refractivity contribution in [3.8, 4) is 11.4 Å². The third-order valence-electron chi connectivity index (χ3n) is 4.71. The van der Waals surface area contributed by atoms with Gasteiger partial charge in [-0.3, -0.25) is 14.2 Å². The van der Waals surface area contributed by atoms with E-state index in [1.54, 1.807) is 48.5 Å². The second-order valence-electron chi connectivity index (χ2n) is 6.49. The Labute approximate surface area is 167 Å². The lowest BCUT2D eigenvalue weighted by atomic mass is 10.1. The molecule has 0 N–H and O–H groups in total. The Bertz CT molecular complexity index is 1490. The molecule has 0 radical (unpaired) electrons. The van der Waals surface area contributed by atoms with Gasteiger partial charge in [-0.15, -0.1) is 11.3 Å². The minimum absolute atomic E-state index is 0.000320. The molecule has 0 spiro atoms. The van der Waals surface area contributed by atoms with Crippen molar-refractivity contribution in [2.24, 2.45) is 0 Å². The molecule has 5 aromatic rings. The molecule has 0 bridgehead atoms. The molecule has 0 unspecified atom stereocenters. The summed E-state index contributed by atoms with van der Waals surface area (Å²) in [5, 5.41) is 0.465. The van der Waals surface area contributed by atoms with Crippen LogP contribution in [-0.2, 0) is 6.54 Å². The second kappa shape index (κ2) is 6.79. The van der Waals surface area contributed by atoms with E-state index in [0.29, 0.717) is 11.1 Å². The van der Waals surface area contributed by atoms with Gasteiger partial charge in [0.05, 0.1) is 18.4 Å². The Balaban J connectivity index is 1.91. The lowest BCUT2D eigenvalue weighted by molar-refractivity contribution is 0.490. The number of nitrogens with zero attached hydrogens (tertiary/aromatic N) is 2. The number of fused-ring (bicyclic) bond motifs is 2. The van der Waals surface area contributed by atoms with Gasteiger partial charge in [-0.2, -0.15) is 0 Å². The van der Waals surface area contributed by atoms with Gasteiger partial charge in [0, 0.05) is 10.1 Å². The van der Waals surface area contributed by atoms with Gasteiger partial charge in [-0.25, -0.2) is 9.37 Å². The van der Waals surface area contributed by atoms with E-state index in [-0.39, 0.29) is 33.6 Å². The summed E-state index contributed by atoms with van der Waals surface area (Å²) in [6.07, 6.45) is 1.49. The normalized spacial score (nSPS) is 11.3. The van der Waals surface area contributed by atoms with Crippen LogP contribution < -0.4 is 11.0 Å². The molecule has 3 aromatic heterocycles. The van der Waals surface area contributed by atoms with Crippen LogP contribution in [0, 0.1) is 5.82 Å². The molecular weight excluding hydrogens is 391 g/mol. The van der Waals surface area contributed by atoms with Crippen molar-refractivity contribution in [2.75, 3.05) is 0 Å². The highest BCUT2D eigenvalue weighted by Crippen LogP contribution is 2.26. The second-order valence-corrected chi connectivity index (χ2v) is 7.52. The fraction of sp³-hybridized carbons (Fsp3) is 0.0455. The van der Waals surface area contributed by atoms with E-state index in [2.05, 4.69) is 4.98 Å². The van der Waals surface area contributed by atoms with Crippen molar-refractivity contribution in [1.29, 1.82) is 0 Å². The summed E-state index contributed by atoms with van der Waals surface area (Å²) in [7, 11) is 0. The molecule has 5 nitrogen and oxygen atoms in total. The van der Waals surface area contributed by atoms with Gasteiger partial charge in [-0.05, 0) is 36.4 Å². The van der Waals surface area contributed by atoms with E-state index in [4.69, 9.17) is 4.42 Å². The minimum Gasteiger partial charge on any atom is -0.467 e. The predicted molar refractivity (Wildman–Crippen MR) is 111 cm³/mol. The Kier molecular flexibility index (Phi) is 4.10. The molecule has 0 saturated carbocycles. The predicted octanol–water partition coefficient (Wildman–Crippen LogP) is 4.42. The number of hydrogen-bond donors (Lipinski definition) is 0. The topological polar surface area (TPSA) is 65.1 Å². The molecule has 2 aromatic carbocycles. The first-order valence-corrected chi connectivity index (χ1v) is 9.69. The highest BCUT2D eigenvalue weighted by molar-refractivity contribution is 7.24. The van der Waals surface area contributed by atoms with Gasteiger partial charge in [0.2, 0.25) is 5.43 Å². The van der Waals surface area contributed by atoms with Crippen LogP contribution >= 0.6 is 11.3 Å². The smallest absolute Gasteiger partial charge is 0.266 e. The van der Waals surface area contributed by atoms with E-state index in [1.807, 2.05) is 6.07 Å². The maximum absolute atomic E-state index is 14.6. The fourth-order valence-electron chi connectivity index (χ4n) is 3.34. The van der Waals surface area contributed by atoms with Crippen molar-refractivity contribution in [1.82, 2.24) is 9.55 Å². The number of hydrogen-bond acceptors (Lipinski definition) is 5. The first kappa shape index (κ1) is 17.5. The van der Waals surface area contributed by atoms with E-state index >= 15 is 0 Å². The third-order valence-corrected chi connectivity index (χ3v) is 5.77. The van der Waals surface area contributed by atoms with Crippen LogP contribution in [0.3, 0.4) is 0 Å². The Hall–Kier alpha value is -3.58. The highest BCUT2D eigenvalue weighted by atomic mass is 32.1. The van der Waals surface area contributed by atoms with Crippen LogP contribution in [0.2, 0.25) is 0 Å². The molecule has 7 heteroatoms. The molecule has 142 valence electrons. The standard InChI is InChI=1S/C22H13FN2O3S/c23-16-9-3-1-7-14(16)20-24-21-18(19(26)15-8-2-4-10-17(15)29-21)22(27)25(20)12-13-6-5-11-28-13/h1-11H,12H2. The number of benzene rings is 2. The van der Waals surface area contributed by atoms with Crippen LogP contribution in [0.5, 0.6) is 0 Å². The van der Waals surface area contributed by atoms with Crippen LogP contribution in [0.4, 0.5) is 4.39 Å². The lowest BCUT2D eigenvalue weighted by Gasteiger charge is -2.13. The van der Waals surface area contributed by atoms with Gasteiger partial charge in [0.15, 0.2) is 0 Å². The molecule has 0 aliphatic carbocycles. The van der Waals surface area contributed by atoms with Gasteiger partial charge >= 0.3 is 0 Å². The van der Waals surface area contributed by atoms with Crippen LogP contribution in [0.1, 0.15) is 5.76 Å². The minimum atomic E-state index is -0.517.